The molecule has 2 atom stereocenters. The van der Waals surface area contributed by atoms with Crippen molar-refractivity contribution in [2.24, 2.45) is 0 Å². The number of phenols is 2. The van der Waals surface area contributed by atoms with Gasteiger partial charge in [-0.05, 0) is 54.8 Å². The molecule has 2 aromatic rings. The van der Waals surface area contributed by atoms with Crippen molar-refractivity contribution in [1.29, 1.82) is 0 Å². The maximum atomic E-state index is 12.8. The Hall–Kier alpha value is -3.06. The number of phenolic OH excluding ortho intramolecular Hbond substituents is 2. The first-order chi connectivity index (χ1) is 13.4. The number of benzene rings is 2. The van der Waals surface area contributed by atoms with Gasteiger partial charge >= 0.3 is 5.97 Å². The third kappa shape index (κ3) is 6.59. The number of hydrogen-bond acceptors (Lipinski definition) is 5. The summed E-state index contributed by atoms with van der Waals surface area (Å²) in [6, 6.07) is 11.1. The lowest BCUT2D eigenvalue weighted by Crippen LogP contribution is -2.51. The molecule has 5 N–H and O–H groups in total. The number of carbonyl (C=O) groups is 2. The van der Waals surface area contributed by atoms with Gasteiger partial charge in [0.05, 0.1) is 6.04 Å². The van der Waals surface area contributed by atoms with Gasteiger partial charge in [-0.2, -0.15) is 0 Å². The van der Waals surface area contributed by atoms with Crippen molar-refractivity contribution in [2.75, 3.05) is 6.54 Å². The molecular formula is C21H26N2O5. The van der Waals surface area contributed by atoms with Crippen LogP contribution in [0, 0.1) is 0 Å². The zero-order valence-electron chi connectivity index (χ0n) is 15.8. The quantitative estimate of drug-likeness (QED) is 0.425. The molecule has 0 aromatic heterocycles. The second-order valence-corrected chi connectivity index (χ2v) is 6.65. The first-order valence-electron chi connectivity index (χ1n) is 9.21. The van der Waals surface area contributed by atoms with Crippen LogP contribution >= 0.6 is 0 Å². The van der Waals surface area contributed by atoms with Crippen LogP contribution in [0.15, 0.2) is 48.5 Å². The lowest BCUT2D eigenvalue weighted by atomic mass is 10.0. The first-order valence-corrected chi connectivity index (χ1v) is 9.21. The predicted octanol–water partition coefficient (Wildman–Crippen LogP) is 1.82. The Bertz CT molecular complexity index is 774. The summed E-state index contributed by atoms with van der Waals surface area (Å²) in [7, 11) is 0. The molecule has 150 valence electrons. The van der Waals surface area contributed by atoms with Crippen LogP contribution in [0.25, 0.3) is 0 Å². The minimum absolute atomic E-state index is 0.0948. The fourth-order valence-electron chi connectivity index (χ4n) is 2.78. The molecule has 0 saturated carbocycles. The monoisotopic (exact) mass is 386 g/mol. The maximum absolute atomic E-state index is 12.8. The van der Waals surface area contributed by atoms with Crippen LogP contribution < -0.4 is 10.6 Å². The van der Waals surface area contributed by atoms with Gasteiger partial charge in [-0.3, -0.25) is 4.79 Å². The largest absolute Gasteiger partial charge is 0.508 e. The number of carboxylic acid groups (broad SMARTS) is 1. The summed E-state index contributed by atoms with van der Waals surface area (Å²) in [5, 5.41) is 34.0. The van der Waals surface area contributed by atoms with E-state index in [0.29, 0.717) is 18.5 Å². The second-order valence-electron chi connectivity index (χ2n) is 6.65. The number of carboxylic acids is 1. The van der Waals surface area contributed by atoms with E-state index in [1.165, 1.54) is 12.1 Å². The van der Waals surface area contributed by atoms with Gasteiger partial charge in [0.25, 0.3) is 0 Å². The second kappa shape index (κ2) is 10.3. The van der Waals surface area contributed by atoms with E-state index >= 15 is 0 Å². The average Bonchev–Trinajstić information content (AvgIpc) is 2.67. The molecule has 2 aromatic carbocycles. The molecule has 28 heavy (non-hydrogen) atoms. The Balaban J connectivity index is 2.08. The van der Waals surface area contributed by atoms with Crippen molar-refractivity contribution in [3.05, 3.63) is 59.7 Å². The smallest absolute Gasteiger partial charge is 0.326 e. The highest BCUT2D eigenvalue weighted by molar-refractivity contribution is 5.87. The van der Waals surface area contributed by atoms with E-state index in [1.807, 2.05) is 6.92 Å². The molecular weight excluding hydrogens is 360 g/mol. The van der Waals surface area contributed by atoms with Crippen LogP contribution in [0.3, 0.4) is 0 Å². The molecule has 0 bridgehead atoms. The van der Waals surface area contributed by atoms with Crippen molar-refractivity contribution in [3.63, 3.8) is 0 Å². The molecule has 0 aliphatic heterocycles. The van der Waals surface area contributed by atoms with Gasteiger partial charge < -0.3 is 26.0 Å². The molecule has 0 saturated heterocycles. The molecule has 0 heterocycles. The standard InChI is InChI=1S/C21H26N2O5/c1-2-11-22-18(12-14-3-7-16(24)8-4-14)20(26)23-19(21(27)28)13-15-5-9-17(25)10-6-15/h3-10,18-19,22,24-25H,2,11-13H2,1H3,(H,23,26)(H,27,28)/t18-,19-/m0/s1. The SMILES string of the molecule is CCCN[C@@H](Cc1ccc(O)cc1)C(=O)N[C@@H](Cc1ccc(O)cc1)C(=O)O. The molecule has 0 aliphatic rings. The third-order valence-corrected chi connectivity index (χ3v) is 4.32. The number of amides is 1. The van der Waals surface area contributed by atoms with Crippen LogP contribution in [-0.2, 0) is 22.4 Å². The number of rotatable bonds is 10. The fourth-order valence-corrected chi connectivity index (χ4v) is 2.78. The van der Waals surface area contributed by atoms with Gasteiger partial charge in [-0.1, -0.05) is 31.2 Å². The van der Waals surface area contributed by atoms with Gasteiger partial charge in [0.2, 0.25) is 5.91 Å². The first kappa shape index (κ1) is 21.2. The van der Waals surface area contributed by atoms with Gasteiger partial charge in [0.15, 0.2) is 0 Å². The van der Waals surface area contributed by atoms with Gasteiger partial charge in [0, 0.05) is 6.42 Å². The van der Waals surface area contributed by atoms with E-state index < -0.39 is 24.0 Å². The van der Waals surface area contributed by atoms with E-state index in [1.54, 1.807) is 36.4 Å². The summed E-state index contributed by atoms with van der Waals surface area (Å²) in [5.41, 5.74) is 1.55. The van der Waals surface area contributed by atoms with Crippen LogP contribution in [0.1, 0.15) is 24.5 Å². The fraction of sp³-hybridized carbons (Fsp3) is 0.333. The summed E-state index contributed by atoms with van der Waals surface area (Å²) in [6.07, 6.45) is 1.31. The highest BCUT2D eigenvalue weighted by Crippen LogP contribution is 2.13. The summed E-state index contributed by atoms with van der Waals surface area (Å²) in [6.45, 7) is 2.60. The Labute approximate surface area is 164 Å². The Morgan fingerprint density at radius 2 is 1.32 bits per heavy atom. The van der Waals surface area contributed by atoms with Crippen LogP contribution in [0.2, 0.25) is 0 Å². The molecule has 0 fully saturated rings. The van der Waals surface area contributed by atoms with Crippen molar-refractivity contribution in [3.8, 4) is 11.5 Å². The maximum Gasteiger partial charge on any atom is 0.326 e. The lowest BCUT2D eigenvalue weighted by Gasteiger charge is -2.21. The Morgan fingerprint density at radius 1 is 0.857 bits per heavy atom. The number of aliphatic carboxylic acids is 1. The number of aromatic hydroxyl groups is 2. The normalized spacial score (nSPS) is 12.9. The molecule has 7 nitrogen and oxygen atoms in total. The van der Waals surface area contributed by atoms with E-state index in [2.05, 4.69) is 10.6 Å². The van der Waals surface area contributed by atoms with E-state index in [9.17, 15) is 24.9 Å². The van der Waals surface area contributed by atoms with Crippen molar-refractivity contribution >= 4 is 11.9 Å². The molecule has 1 amide bonds. The minimum atomic E-state index is -1.12. The average molecular weight is 386 g/mol. The third-order valence-electron chi connectivity index (χ3n) is 4.32. The summed E-state index contributed by atoms with van der Waals surface area (Å²) >= 11 is 0. The highest BCUT2D eigenvalue weighted by atomic mass is 16.4. The van der Waals surface area contributed by atoms with E-state index in [4.69, 9.17) is 0 Å². The summed E-state index contributed by atoms with van der Waals surface area (Å²) < 4.78 is 0. The molecule has 0 aliphatic carbocycles. The summed E-state index contributed by atoms with van der Waals surface area (Å²) in [5.74, 6) is -1.28. The van der Waals surface area contributed by atoms with Crippen molar-refractivity contribution in [2.45, 2.75) is 38.3 Å². The van der Waals surface area contributed by atoms with Gasteiger partial charge in [-0.25, -0.2) is 4.79 Å². The molecule has 7 heteroatoms. The Morgan fingerprint density at radius 3 is 1.75 bits per heavy atom. The van der Waals surface area contributed by atoms with Gasteiger partial charge in [0.1, 0.15) is 17.5 Å². The van der Waals surface area contributed by atoms with E-state index in [0.717, 1.165) is 12.0 Å². The molecule has 2 rings (SSSR count). The number of carbonyl (C=O) groups excluding carboxylic acids is 1. The summed E-state index contributed by atoms with van der Waals surface area (Å²) in [4.78, 5) is 24.4. The van der Waals surface area contributed by atoms with Crippen LogP contribution in [0.5, 0.6) is 11.5 Å². The zero-order valence-corrected chi connectivity index (χ0v) is 15.8. The lowest BCUT2D eigenvalue weighted by molar-refractivity contribution is -0.142. The minimum Gasteiger partial charge on any atom is -0.508 e. The zero-order chi connectivity index (χ0) is 20.5. The van der Waals surface area contributed by atoms with Gasteiger partial charge in [-0.15, -0.1) is 0 Å². The van der Waals surface area contributed by atoms with E-state index in [-0.39, 0.29) is 17.9 Å². The topological polar surface area (TPSA) is 119 Å². The highest BCUT2D eigenvalue weighted by Gasteiger charge is 2.25. The molecule has 0 spiro atoms. The molecule has 0 unspecified atom stereocenters. The van der Waals surface area contributed by atoms with Crippen LogP contribution in [0.4, 0.5) is 0 Å². The number of nitrogens with one attached hydrogen (secondary N) is 2. The van der Waals surface area contributed by atoms with Crippen molar-refractivity contribution in [1.82, 2.24) is 10.6 Å². The van der Waals surface area contributed by atoms with Crippen molar-refractivity contribution < 1.29 is 24.9 Å². The Kier molecular flexibility index (Phi) is 7.83. The predicted molar refractivity (Wildman–Crippen MR) is 105 cm³/mol. The molecule has 0 radical (unpaired) electrons. The number of hydrogen-bond donors (Lipinski definition) is 5. The van der Waals surface area contributed by atoms with Crippen LogP contribution in [-0.4, -0.2) is 45.8 Å².